The van der Waals surface area contributed by atoms with Crippen LogP contribution < -0.4 is 0 Å². The molecule has 0 spiro atoms. The molecule has 2 aromatic rings. The summed E-state index contributed by atoms with van der Waals surface area (Å²) in [6, 6.07) is 10.8. The Bertz CT molecular complexity index is 919. The highest BCUT2D eigenvalue weighted by atomic mass is 79.9. The van der Waals surface area contributed by atoms with E-state index < -0.39 is 11.6 Å². The van der Waals surface area contributed by atoms with Crippen LogP contribution in [0.15, 0.2) is 45.3 Å². The van der Waals surface area contributed by atoms with Crippen LogP contribution in [0, 0.1) is 5.41 Å². The highest BCUT2D eigenvalue weighted by Gasteiger charge is 2.33. The molecule has 1 heterocycles. The van der Waals surface area contributed by atoms with Crippen LogP contribution in [0.5, 0.6) is 0 Å². The molecule has 8 heteroatoms. The third-order valence-electron chi connectivity index (χ3n) is 5.40. The lowest BCUT2D eigenvalue weighted by molar-refractivity contribution is -0.0169. The quantitative estimate of drug-likeness (QED) is 0.282. The summed E-state index contributed by atoms with van der Waals surface area (Å²) >= 11 is 13.1. The number of likely N-dealkylation sites (tertiary alicyclic amines) is 1. The van der Waals surface area contributed by atoms with Gasteiger partial charge in [0.15, 0.2) is 0 Å². The number of halogens is 3. The number of nitrogens with zero attached hydrogens (tertiary/aromatic N) is 1. The van der Waals surface area contributed by atoms with Crippen molar-refractivity contribution in [1.29, 1.82) is 5.41 Å². The van der Waals surface area contributed by atoms with Gasteiger partial charge in [0.25, 0.3) is 0 Å². The monoisotopic (exact) mass is 556 g/mol. The largest absolute Gasteiger partial charge is 0.465 e. The van der Waals surface area contributed by atoms with Crippen LogP contribution in [-0.4, -0.2) is 47.5 Å². The molecule has 0 atom stereocenters. The maximum atomic E-state index is 11.5. The van der Waals surface area contributed by atoms with E-state index in [9.17, 15) is 9.90 Å². The van der Waals surface area contributed by atoms with Gasteiger partial charge in [0.2, 0.25) is 0 Å². The number of methoxy groups -OCH3 is 1. The third-order valence-corrected chi connectivity index (χ3v) is 7.51. The fourth-order valence-corrected chi connectivity index (χ4v) is 5.01. The molecular weight excluding hydrogens is 536 g/mol. The second-order valence-corrected chi connectivity index (χ2v) is 9.68. The summed E-state index contributed by atoms with van der Waals surface area (Å²) in [5.41, 5.74) is 1.77. The average Bonchev–Trinajstić information content (AvgIpc) is 2.73. The van der Waals surface area contributed by atoms with Crippen molar-refractivity contribution in [2.75, 3.05) is 20.2 Å². The third kappa shape index (κ3) is 5.71. The Morgan fingerprint density at radius 3 is 2.23 bits per heavy atom. The second-order valence-electron chi connectivity index (χ2n) is 7.60. The first-order chi connectivity index (χ1) is 14.2. The van der Waals surface area contributed by atoms with Crippen molar-refractivity contribution in [3.05, 3.63) is 67.1 Å². The molecule has 0 aliphatic carbocycles. The van der Waals surface area contributed by atoms with Gasteiger partial charge in [-0.3, -0.25) is 4.90 Å². The molecule has 30 heavy (non-hydrogen) atoms. The molecule has 0 aromatic heterocycles. The molecule has 5 nitrogen and oxygen atoms in total. The number of piperidine rings is 1. The van der Waals surface area contributed by atoms with E-state index in [1.54, 1.807) is 24.3 Å². The van der Waals surface area contributed by atoms with E-state index in [2.05, 4.69) is 36.8 Å². The molecule has 2 aromatic carbocycles. The lowest BCUT2D eigenvalue weighted by atomic mass is 9.84. The molecule has 0 bridgehead atoms. The number of nitrogens with one attached hydrogen (secondary N) is 1. The van der Waals surface area contributed by atoms with Gasteiger partial charge in [0, 0.05) is 40.7 Å². The van der Waals surface area contributed by atoms with Crippen LogP contribution in [0.1, 0.15) is 40.7 Å². The van der Waals surface area contributed by atoms with Gasteiger partial charge >= 0.3 is 5.97 Å². The minimum Gasteiger partial charge on any atom is -0.465 e. The van der Waals surface area contributed by atoms with Gasteiger partial charge in [0.1, 0.15) is 0 Å². The van der Waals surface area contributed by atoms with Gasteiger partial charge in [-0.2, -0.15) is 0 Å². The van der Waals surface area contributed by atoms with Crippen molar-refractivity contribution in [2.45, 2.75) is 31.4 Å². The van der Waals surface area contributed by atoms with Crippen molar-refractivity contribution in [2.24, 2.45) is 0 Å². The molecule has 1 fully saturated rings. The number of carbonyl (C=O) groups is 1. The van der Waals surface area contributed by atoms with Crippen LogP contribution in [0.2, 0.25) is 5.02 Å². The fourth-order valence-electron chi connectivity index (χ4n) is 3.62. The SMILES string of the molecule is COC(=O)c1ccc(C(=N)CC2(O)CCN(Cc3cc(Br)c(Cl)c(Br)c3)CC2)cc1. The number of ether oxygens (including phenoxy) is 1. The van der Waals surface area contributed by atoms with E-state index in [0.29, 0.717) is 34.7 Å². The summed E-state index contributed by atoms with van der Waals surface area (Å²) in [5.74, 6) is -0.404. The van der Waals surface area contributed by atoms with E-state index in [-0.39, 0.29) is 6.42 Å². The lowest BCUT2D eigenvalue weighted by Gasteiger charge is -2.38. The Morgan fingerprint density at radius 1 is 1.17 bits per heavy atom. The molecule has 1 aliphatic heterocycles. The molecule has 1 aliphatic rings. The number of hydrogen-bond donors (Lipinski definition) is 2. The van der Waals surface area contributed by atoms with Crippen LogP contribution in [0.4, 0.5) is 0 Å². The zero-order chi connectivity index (χ0) is 21.9. The maximum Gasteiger partial charge on any atom is 0.337 e. The predicted octanol–water partition coefficient (Wildman–Crippen LogP) is 5.44. The highest BCUT2D eigenvalue weighted by Crippen LogP contribution is 2.33. The summed E-state index contributed by atoms with van der Waals surface area (Å²) < 4.78 is 6.41. The zero-order valence-electron chi connectivity index (χ0n) is 16.6. The summed E-state index contributed by atoms with van der Waals surface area (Å²) in [7, 11) is 1.34. The number of rotatable bonds is 6. The Balaban J connectivity index is 1.56. The van der Waals surface area contributed by atoms with Gasteiger partial charge in [-0.25, -0.2) is 4.79 Å². The first-order valence-corrected chi connectivity index (χ1v) is 11.5. The van der Waals surface area contributed by atoms with Gasteiger partial charge in [-0.15, -0.1) is 0 Å². The minimum absolute atomic E-state index is 0.288. The van der Waals surface area contributed by atoms with Crippen molar-refractivity contribution in [1.82, 2.24) is 4.90 Å². The van der Waals surface area contributed by atoms with Gasteiger partial charge in [-0.05, 0) is 80.1 Å². The van der Waals surface area contributed by atoms with Crippen molar-refractivity contribution < 1.29 is 14.6 Å². The Labute approximate surface area is 198 Å². The van der Waals surface area contributed by atoms with E-state index in [4.69, 9.17) is 21.7 Å². The van der Waals surface area contributed by atoms with E-state index in [1.165, 1.54) is 7.11 Å². The van der Waals surface area contributed by atoms with Crippen molar-refractivity contribution in [3.8, 4) is 0 Å². The molecule has 0 saturated carbocycles. The van der Waals surface area contributed by atoms with E-state index >= 15 is 0 Å². The molecule has 160 valence electrons. The molecule has 1 saturated heterocycles. The molecule has 0 amide bonds. The average molecular weight is 559 g/mol. The predicted molar refractivity (Wildman–Crippen MR) is 126 cm³/mol. The minimum atomic E-state index is -0.893. The van der Waals surface area contributed by atoms with Crippen LogP contribution >= 0.6 is 43.5 Å². The highest BCUT2D eigenvalue weighted by molar-refractivity contribution is 9.11. The summed E-state index contributed by atoms with van der Waals surface area (Å²) in [5, 5.41) is 20.1. The normalized spacial score (nSPS) is 16.3. The zero-order valence-corrected chi connectivity index (χ0v) is 20.5. The topological polar surface area (TPSA) is 73.6 Å². The Hall–Kier alpha value is -1.25. The first-order valence-electron chi connectivity index (χ1n) is 9.55. The molecular formula is C22H23Br2ClN2O3. The van der Waals surface area contributed by atoms with E-state index in [0.717, 1.165) is 34.1 Å². The maximum absolute atomic E-state index is 11.5. The summed E-state index contributed by atoms with van der Waals surface area (Å²) in [4.78, 5) is 13.8. The fraction of sp³-hybridized carbons (Fsp3) is 0.364. The number of carbonyl (C=O) groups excluding carboxylic acids is 1. The second kappa shape index (κ2) is 9.92. The molecule has 0 unspecified atom stereocenters. The number of benzene rings is 2. The van der Waals surface area contributed by atoms with Crippen molar-refractivity contribution >= 4 is 55.1 Å². The van der Waals surface area contributed by atoms with E-state index in [1.807, 2.05) is 12.1 Å². The molecule has 2 N–H and O–H groups in total. The molecule has 0 radical (unpaired) electrons. The van der Waals surface area contributed by atoms with Crippen molar-refractivity contribution in [3.63, 3.8) is 0 Å². The van der Waals surface area contributed by atoms with Crippen LogP contribution in [0.3, 0.4) is 0 Å². The summed E-state index contributed by atoms with van der Waals surface area (Å²) in [6.45, 7) is 2.28. The Morgan fingerprint density at radius 2 is 1.70 bits per heavy atom. The van der Waals surface area contributed by atoms with Gasteiger partial charge < -0.3 is 15.3 Å². The van der Waals surface area contributed by atoms with Gasteiger partial charge in [-0.1, -0.05) is 23.7 Å². The van der Waals surface area contributed by atoms with Crippen LogP contribution in [0.25, 0.3) is 0 Å². The molecule has 3 rings (SSSR count). The summed E-state index contributed by atoms with van der Waals surface area (Å²) in [6.07, 6.45) is 1.49. The standard InChI is InChI=1S/C22H23Br2ClN2O3/c1-30-21(28)16-4-2-15(3-5-16)19(26)12-22(29)6-8-27(9-7-22)13-14-10-17(23)20(25)18(24)11-14/h2-5,10-11,26,29H,6-9,12-13H2,1H3. The lowest BCUT2D eigenvalue weighted by Crippen LogP contribution is -2.45. The Kier molecular flexibility index (Phi) is 7.74. The number of hydrogen-bond acceptors (Lipinski definition) is 5. The number of esters is 1. The number of aliphatic hydroxyl groups is 1. The van der Waals surface area contributed by atoms with Gasteiger partial charge in [0.05, 0.1) is 23.3 Å². The van der Waals surface area contributed by atoms with Crippen LogP contribution in [-0.2, 0) is 11.3 Å². The first kappa shape index (κ1) is 23.4. The smallest absolute Gasteiger partial charge is 0.337 e.